The molecule has 3 nitrogen and oxygen atoms in total. The first-order chi connectivity index (χ1) is 7.22. The van der Waals surface area contributed by atoms with Gasteiger partial charge < -0.3 is 14.6 Å². The summed E-state index contributed by atoms with van der Waals surface area (Å²) >= 11 is 0. The average molecular weight is 212 g/mol. The predicted molar refractivity (Wildman–Crippen MR) is 53.1 cm³/mol. The van der Waals surface area contributed by atoms with E-state index in [2.05, 4.69) is 0 Å². The molecule has 0 aliphatic carbocycles. The molecule has 0 bridgehead atoms. The van der Waals surface area contributed by atoms with Crippen LogP contribution in [0, 0.1) is 6.92 Å². The highest BCUT2D eigenvalue weighted by Crippen LogP contribution is 2.35. The summed E-state index contributed by atoms with van der Waals surface area (Å²) in [6.07, 6.45) is -1.36. The Kier molecular flexibility index (Phi) is 2.77. The van der Waals surface area contributed by atoms with Crippen LogP contribution in [0.2, 0.25) is 0 Å². The first-order valence-corrected chi connectivity index (χ1v) is 4.87. The number of aliphatic hydroxyl groups excluding tert-OH is 1. The lowest BCUT2D eigenvalue weighted by molar-refractivity contribution is 0.166. The first-order valence-electron chi connectivity index (χ1n) is 4.87. The Morgan fingerprint density at radius 1 is 1.33 bits per heavy atom. The smallest absolute Gasteiger partial charge is 0.161 e. The van der Waals surface area contributed by atoms with Crippen LogP contribution in [-0.2, 0) is 0 Å². The number of fused-ring (bicyclic) bond motifs is 1. The van der Waals surface area contributed by atoms with Crippen LogP contribution >= 0.6 is 0 Å². The highest BCUT2D eigenvalue weighted by molar-refractivity contribution is 5.48. The normalized spacial score (nSPS) is 16.2. The average Bonchev–Trinajstić information content (AvgIpc) is 2.27. The summed E-state index contributed by atoms with van der Waals surface area (Å²) in [6.45, 7) is 2.27. The Morgan fingerprint density at radius 2 is 1.93 bits per heavy atom. The van der Waals surface area contributed by atoms with Gasteiger partial charge in [0.1, 0.15) is 19.4 Å². The van der Waals surface area contributed by atoms with Gasteiger partial charge in [-0.05, 0) is 30.2 Å². The summed E-state index contributed by atoms with van der Waals surface area (Å²) in [5.74, 6) is 1.20. The monoisotopic (exact) mass is 212 g/mol. The molecule has 0 saturated carbocycles. The molecule has 1 aliphatic heterocycles. The van der Waals surface area contributed by atoms with E-state index in [0.29, 0.717) is 30.3 Å². The largest absolute Gasteiger partial charge is 0.486 e. The fourth-order valence-corrected chi connectivity index (χ4v) is 1.64. The zero-order chi connectivity index (χ0) is 10.8. The van der Waals surface area contributed by atoms with Crippen molar-refractivity contribution in [3.63, 3.8) is 0 Å². The van der Waals surface area contributed by atoms with Crippen molar-refractivity contribution in [2.45, 2.75) is 13.1 Å². The molecule has 1 atom stereocenters. The number of hydrogen-bond donors (Lipinski definition) is 1. The van der Waals surface area contributed by atoms with Crippen molar-refractivity contribution in [3.05, 3.63) is 23.3 Å². The number of halogens is 1. The molecule has 1 N–H and O–H groups in total. The van der Waals surface area contributed by atoms with Crippen LogP contribution < -0.4 is 9.47 Å². The summed E-state index contributed by atoms with van der Waals surface area (Å²) in [7, 11) is 0. The van der Waals surface area contributed by atoms with E-state index in [0.717, 1.165) is 5.56 Å². The Morgan fingerprint density at radius 3 is 2.53 bits per heavy atom. The van der Waals surface area contributed by atoms with Gasteiger partial charge in [-0.2, -0.15) is 0 Å². The van der Waals surface area contributed by atoms with Crippen LogP contribution in [0.15, 0.2) is 12.1 Å². The number of alkyl halides is 1. The Bertz CT molecular complexity index is 365. The number of benzene rings is 1. The van der Waals surface area contributed by atoms with Crippen LogP contribution in [0.25, 0.3) is 0 Å². The lowest BCUT2D eigenvalue weighted by Gasteiger charge is -2.21. The van der Waals surface area contributed by atoms with Crippen molar-refractivity contribution < 1.29 is 19.0 Å². The molecule has 1 aromatic carbocycles. The molecule has 0 aromatic heterocycles. The van der Waals surface area contributed by atoms with E-state index in [1.54, 1.807) is 19.1 Å². The predicted octanol–water partition coefficient (Wildman–Crippen LogP) is 1.77. The Labute approximate surface area is 87.4 Å². The van der Waals surface area contributed by atoms with Gasteiger partial charge in [-0.25, -0.2) is 4.39 Å². The Hall–Kier alpha value is -1.29. The molecule has 0 fully saturated rings. The van der Waals surface area contributed by atoms with E-state index in [4.69, 9.17) is 14.6 Å². The van der Waals surface area contributed by atoms with Gasteiger partial charge in [0.2, 0.25) is 0 Å². The minimum absolute atomic E-state index is 0.460. The minimum Gasteiger partial charge on any atom is -0.486 e. The molecule has 1 unspecified atom stereocenters. The third-order valence-electron chi connectivity index (χ3n) is 2.43. The number of ether oxygens (including phenoxy) is 2. The van der Waals surface area contributed by atoms with Gasteiger partial charge in [-0.3, -0.25) is 0 Å². The summed E-state index contributed by atoms with van der Waals surface area (Å²) < 4.78 is 24.1. The summed E-state index contributed by atoms with van der Waals surface area (Å²) in [4.78, 5) is 0. The zero-order valence-corrected chi connectivity index (χ0v) is 8.50. The number of aryl methyl sites for hydroxylation is 1. The molecule has 1 aromatic rings. The molecule has 0 amide bonds. The number of aliphatic hydroxyl groups is 1. The van der Waals surface area contributed by atoms with E-state index in [1.807, 2.05) is 0 Å². The van der Waals surface area contributed by atoms with Crippen LogP contribution in [0.5, 0.6) is 11.5 Å². The fraction of sp³-hybridized carbons (Fsp3) is 0.455. The third-order valence-corrected chi connectivity index (χ3v) is 2.43. The van der Waals surface area contributed by atoms with Gasteiger partial charge in [0.25, 0.3) is 0 Å². The summed E-state index contributed by atoms with van der Waals surface area (Å²) in [5, 5.41) is 8.77. The zero-order valence-electron chi connectivity index (χ0n) is 8.50. The maximum absolute atomic E-state index is 13.3. The van der Waals surface area contributed by atoms with Crippen LogP contribution in [-0.4, -0.2) is 24.9 Å². The molecule has 2 rings (SSSR count). The molecule has 15 heavy (non-hydrogen) atoms. The Balaban J connectivity index is 2.40. The van der Waals surface area contributed by atoms with Gasteiger partial charge in [0.05, 0.1) is 6.61 Å². The highest BCUT2D eigenvalue weighted by Gasteiger charge is 2.18. The van der Waals surface area contributed by atoms with E-state index in [9.17, 15) is 4.39 Å². The highest BCUT2D eigenvalue weighted by atomic mass is 19.1. The fourth-order valence-electron chi connectivity index (χ4n) is 1.64. The quantitative estimate of drug-likeness (QED) is 0.812. The molecule has 4 heteroatoms. The molecule has 0 spiro atoms. The lowest BCUT2D eigenvalue weighted by Crippen LogP contribution is -2.16. The molecule has 82 valence electrons. The van der Waals surface area contributed by atoms with Crippen molar-refractivity contribution in [2.75, 3.05) is 19.8 Å². The van der Waals surface area contributed by atoms with Crippen molar-refractivity contribution in [2.24, 2.45) is 0 Å². The van der Waals surface area contributed by atoms with E-state index >= 15 is 0 Å². The van der Waals surface area contributed by atoms with E-state index < -0.39 is 12.8 Å². The molecular formula is C11H13FO3. The molecular weight excluding hydrogens is 199 g/mol. The standard InChI is InChI=1S/C11H13FO3/c1-7-4-10-11(15-3-2-14-10)5-8(7)9(12)6-13/h4-5,9,13H,2-3,6H2,1H3. The van der Waals surface area contributed by atoms with Gasteiger partial charge >= 0.3 is 0 Å². The topological polar surface area (TPSA) is 38.7 Å². The van der Waals surface area contributed by atoms with Crippen LogP contribution in [0.3, 0.4) is 0 Å². The molecule has 0 saturated heterocycles. The minimum atomic E-state index is -1.36. The molecule has 0 radical (unpaired) electrons. The van der Waals surface area contributed by atoms with Crippen molar-refractivity contribution >= 4 is 0 Å². The molecule has 1 heterocycles. The first kappa shape index (κ1) is 10.2. The van der Waals surface area contributed by atoms with Gasteiger partial charge in [-0.15, -0.1) is 0 Å². The number of rotatable bonds is 2. The summed E-state index contributed by atoms with van der Waals surface area (Å²) in [5.41, 5.74) is 1.22. The molecule has 1 aliphatic rings. The van der Waals surface area contributed by atoms with Crippen LogP contribution in [0.4, 0.5) is 4.39 Å². The van der Waals surface area contributed by atoms with Crippen molar-refractivity contribution in [1.82, 2.24) is 0 Å². The second-order valence-corrected chi connectivity index (χ2v) is 3.50. The lowest BCUT2D eigenvalue weighted by atomic mass is 10.0. The van der Waals surface area contributed by atoms with Gasteiger partial charge in [-0.1, -0.05) is 0 Å². The van der Waals surface area contributed by atoms with Crippen LogP contribution in [0.1, 0.15) is 17.3 Å². The summed E-state index contributed by atoms with van der Waals surface area (Å²) in [6, 6.07) is 3.34. The number of hydrogen-bond acceptors (Lipinski definition) is 3. The van der Waals surface area contributed by atoms with E-state index in [1.165, 1.54) is 0 Å². The second kappa shape index (κ2) is 4.06. The third kappa shape index (κ3) is 1.90. The second-order valence-electron chi connectivity index (χ2n) is 3.50. The van der Waals surface area contributed by atoms with Gasteiger partial charge in [0.15, 0.2) is 11.5 Å². The van der Waals surface area contributed by atoms with E-state index in [-0.39, 0.29) is 0 Å². The SMILES string of the molecule is Cc1cc2c(cc1C(F)CO)OCCO2. The van der Waals surface area contributed by atoms with Crippen molar-refractivity contribution in [1.29, 1.82) is 0 Å². The maximum Gasteiger partial charge on any atom is 0.161 e. The maximum atomic E-state index is 13.3. The van der Waals surface area contributed by atoms with Crippen molar-refractivity contribution in [3.8, 4) is 11.5 Å². The van der Waals surface area contributed by atoms with Gasteiger partial charge in [0, 0.05) is 0 Å².